The molecular formula is C56H102N20O16. The average Bonchev–Trinajstić information content (AvgIpc) is 1.00. The lowest BCUT2D eigenvalue weighted by atomic mass is 9.99. The molecule has 36 nitrogen and oxygen atoms in total. The van der Waals surface area contributed by atoms with Gasteiger partial charge in [-0.1, -0.05) is 83.1 Å². The molecule has 0 aromatic heterocycles. The first-order valence-electron chi connectivity index (χ1n) is 30.2. The molecular weight excluding hydrogens is 1210 g/mol. The van der Waals surface area contributed by atoms with Gasteiger partial charge in [-0.05, 0) is 74.0 Å². The van der Waals surface area contributed by atoms with Gasteiger partial charge >= 0.3 is 17.9 Å². The number of aliphatic imine (C=N–C) groups is 3. The Morgan fingerprint density at radius 1 is 0.304 bits per heavy atom. The molecule has 0 aromatic rings. The second-order valence-electron chi connectivity index (χ2n) is 24.1. The van der Waals surface area contributed by atoms with Crippen molar-refractivity contribution in [2.24, 2.45) is 90.6 Å². The molecule has 522 valence electrons. The molecule has 0 aromatic carbocycles. The number of amides is 10. The average molecular weight is 1310 g/mol. The fraction of sp³-hybridized carbons (Fsp3) is 0.714. The second-order valence-corrected chi connectivity index (χ2v) is 24.1. The number of hydrogen-bond donors (Lipinski definition) is 20. The molecule has 36 heteroatoms. The van der Waals surface area contributed by atoms with Crippen LogP contribution in [0.5, 0.6) is 0 Å². The van der Waals surface area contributed by atoms with Crippen LogP contribution in [0.25, 0.3) is 0 Å². The lowest BCUT2D eigenvalue weighted by Gasteiger charge is -2.30. The van der Waals surface area contributed by atoms with Gasteiger partial charge in [0, 0.05) is 19.6 Å². The van der Waals surface area contributed by atoms with Crippen molar-refractivity contribution in [1.29, 1.82) is 0 Å². The third-order valence-corrected chi connectivity index (χ3v) is 14.0. The largest absolute Gasteiger partial charge is 0.481 e. The van der Waals surface area contributed by atoms with Crippen LogP contribution in [0.2, 0.25) is 0 Å². The molecule has 0 saturated carbocycles. The zero-order valence-corrected chi connectivity index (χ0v) is 54.6. The van der Waals surface area contributed by atoms with E-state index in [1.54, 1.807) is 41.5 Å². The van der Waals surface area contributed by atoms with E-state index in [-0.39, 0.29) is 82.0 Å². The zero-order valence-electron chi connectivity index (χ0n) is 54.6. The van der Waals surface area contributed by atoms with E-state index in [0.717, 1.165) is 0 Å². The van der Waals surface area contributed by atoms with Gasteiger partial charge in [-0.25, -0.2) is 4.79 Å². The highest BCUT2D eigenvalue weighted by molar-refractivity contribution is 6.00. The maximum absolute atomic E-state index is 14.3. The minimum atomic E-state index is -1.97. The van der Waals surface area contributed by atoms with E-state index in [1.807, 2.05) is 0 Å². The molecule has 92 heavy (non-hydrogen) atoms. The van der Waals surface area contributed by atoms with E-state index in [2.05, 4.69) is 68.1 Å². The molecule has 0 aliphatic heterocycles. The molecule has 0 saturated heterocycles. The number of nitrogens with one attached hydrogen (secondary N) is 10. The summed E-state index contributed by atoms with van der Waals surface area (Å²) in [5.41, 5.74) is 38.8. The van der Waals surface area contributed by atoms with Crippen molar-refractivity contribution >= 4 is 94.9 Å². The molecule has 27 N–H and O–H groups in total. The lowest BCUT2D eigenvalue weighted by molar-refractivity contribution is -0.143. The topological polar surface area (TPSA) is 622 Å². The predicted molar refractivity (Wildman–Crippen MR) is 338 cm³/mol. The highest BCUT2D eigenvalue weighted by Crippen LogP contribution is 2.14. The summed E-state index contributed by atoms with van der Waals surface area (Å²) < 4.78 is 0. The summed E-state index contributed by atoms with van der Waals surface area (Å²) >= 11 is 0. The maximum Gasteiger partial charge on any atom is 0.326 e. The number of rotatable bonds is 43. The first kappa shape index (κ1) is 82.9. The number of nitrogens with two attached hydrogens (primary N) is 7. The minimum Gasteiger partial charge on any atom is -0.481 e. The molecule has 10 amide bonds. The Morgan fingerprint density at radius 2 is 0.522 bits per heavy atom. The zero-order chi connectivity index (χ0) is 71.0. The van der Waals surface area contributed by atoms with Crippen molar-refractivity contribution in [2.75, 3.05) is 19.6 Å². The fourth-order valence-corrected chi connectivity index (χ4v) is 8.62. The third kappa shape index (κ3) is 31.6. The first-order chi connectivity index (χ1) is 42.6. The van der Waals surface area contributed by atoms with Crippen LogP contribution in [0, 0.1) is 35.5 Å². The molecule has 0 spiro atoms. The van der Waals surface area contributed by atoms with Crippen LogP contribution in [0.15, 0.2) is 15.0 Å². The quantitative estimate of drug-likeness (QED) is 0.0154. The van der Waals surface area contributed by atoms with Crippen LogP contribution in [-0.4, -0.2) is 196 Å². The molecule has 0 aliphatic carbocycles. The van der Waals surface area contributed by atoms with Crippen LogP contribution < -0.4 is 93.3 Å². The number of hydrogen-bond acceptors (Lipinski definition) is 17. The van der Waals surface area contributed by atoms with Crippen LogP contribution >= 0.6 is 0 Å². The van der Waals surface area contributed by atoms with Gasteiger partial charge in [0.25, 0.3) is 0 Å². The maximum atomic E-state index is 14.3. The smallest absolute Gasteiger partial charge is 0.326 e. The van der Waals surface area contributed by atoms with Crippen molar-refractivity contribution in [3.63, 3.8) is 0 Å². The van der Waals surface area contributed by atoms with Gasteiger partial charge in [-0.3, -0.25) is 72.5 Å². The molecule has 0 heterocycles. The normalized spacial score (nSPS) is 14.8. The van der Waals surface area contributed by atoms with E-state index < -0.39 is 186 Å². The van der Waals surface area contributed by atoms with Gasteiger partial charge in [0.1, 0.15) is 60.4 Å². The Hall–Kier alpha value is -9.12. The highest BCUT2D eigenvalue weighted by Gasteiger charge is 2.39. The van der Waals surface area contributed by atoms with E-state index in [0.29, 0.717) is 0 Å². The first-order valence-corrected chi connectivity index (χ1v) is 30.2. The lowest BCUT2D eigenvalue weighted by Crippen LogP contribution is -2.62. The number of carbonyl (C=O) groups excluding carboxylic acids is 10. The van der Waals surface area contributed by atoms with Crippen LogP contribution in [0.1, 0.15) is 134 Å². The summed E-state index contributed by atoms with van der Waals surface area (Å²) in [6.45, 7) is 18.6. The van der Waals surface area contributed by atoms with Gasteiger partial charge in [-0.15, -0.1) is 0 Å². The van der Waals surface area contributed by atoms with E-state index in [9.17, 15) is 77.6 Å². The molecule has 0 radical (unpaired) electrons. The summed E-state index contributed by atoms with van der Waals surface area (Å²) in [6, 6.07) is -16.5. The van der Waals surface area contributed by atoms with Crippen LogP contribution in [0.4, 0.5) is 0 Å². The summed E-state index contributed by atoms with van der Waals surface area (Å²) in [5, 5.41) is 54.1. The van der Waals surface area contributed by atoms with Gasteiger partial charge in [0.15, 0.2) is 17.9 Å². The van der Waals surface area contributed by atoms with Gasteiger partial charge in [0.05, 0.1) is 18.9 Å². The summed E-state index contributed by atoms with van der Waals surface area (Å²) in [7, 11) is 0. The second kappa shape index (κ2) is 41.3. The number of carboxylic acids is 3. The van der Waals surface area contributed by atoms with Crippen molar-refractivity contribution in [2.45, 2.75) is 201 Å². The van der Waals surface area contributed by atoms with Crippen LogP contribution in [0.3, 0.4) is 0 Å². The van der Waals surface area contributed by atoms with Gasteiger partial charge in [0.2, 0.25) is 59.1 Å². The molecule has 0 rings (SSSR count). The van der Waals surface area contributed by atoms with Crippen molar-refractivity contribution < 1.29 is 77.6 Å². The number of guanidine groups is 3. The molecule has 0 aliphatic rings. The summed E-state index contributed by atoms with van der Waals surface area (Å²) in [6.07, 6.45) is -2.05. The standard InChI is InChI=1S/C56H102N20O16/c1-24(2)37(57)48(86)67-30(16-13-19-64-54(58)59)43(81)72-38(25(3)4)49(87)68-31(17-14-20-65-55(60)61)44(82)73-40(27(7)8)51(89)70-34(23-36(79)80)47(85)75-41(28(9)10)52(90)71-33(22-35(77)78)46(84)74-39(26(5)6)50(88)69-32(18-15-21-66-56(62)63)45(83)76-42(29(11)12)53(91)92/h24-34,37-42H,13-23,57H2,1-12H3,(H,67,86)(H,68,87)(H,69,88)(H,70,89)(H,71,90)(H,72,81)(H,73,82)(H,74,84)(H,75,85)(H,76,83)(H,77,78)(H,79,80)(H,91,92)(H4,58,59,64)(H4,60,61,65)(H4,62,63,66)/t30-,31-,32-,33-,34-,37-,38-,39-,40-,41-,42-/m0/s1. The highest BCUT2D eigenvalue weighted by atomic mass is 16.4. The molecule has 0 bridgehead atoms. The Labute approximate surface area is 535 Å². The van der Waals surface area contributed by atoms with Crippen molar-refractivity contribution in [3.8, 4) is 0 Å². The Balaban J connectivity index is 6.93. The number of nitrogens with zero attached hydrogens (tertiary/aromatic N) is 3. The minimum absolute atomic E-state index is 0.0110. The molecule has 0 unspecified atom stereocenters. The third-order valence-electron chi connectivity index (χ3n) is 14.0. The van der Waals surface area contributed by atoms with E-state index in [4.69, 9.17) is 40.1 Å². The van der Waals surface area contributed by atoms with E-state index in [1.165, 1.54) is 41.5 Å². The Morgan fingerprint density at radius 3 is 0.728 bits per heavy atom. The van der Waals surface area contributed by atoms with Crippen LogP contribution in [-0.2, 0) is 62.3 Å². The molecule has 0 fully saturated rings. The summed E-state index contributed by atoms with van der Waals surface area (Å²) in [4.78, 5) is 187. The fourth-order valence-electron chi connectivity index (χ4n) is 8.62. The van der Waals surface area contributed by atoms with Gasteiger partial charge < -0.3 is 109 Å². The van der Waals surface area contributed by atoms with Crippen molar-refractivity contribution in [1.82, 2.24) is 53.2 Å². The predicted octanol–water partition coefficient (Wildman–Crippen LogP) is -5.71. The number of carbonyl (C=O) groups is 13. The summed E-state index contributed by atoms with van der Waals surface area (Å²) in [5.74, 6) is -19.2. The monoisotopic (exact) mass is 1310 g/mol. The van der Waals surface area contributed by atoms with Gasteiger partial charge in [-0.2, -0.15) is 0 Å². The SMILES string of the molecule is CC(C)[C@H](N)C(=O)N[C@@H](CCCN=C(N)N)C(=O)N[C@H](C(=O)N[C@@H](CCCN=C(N)N)C(=O)N[C@H](C(=O)N[C@@H](CC(=O)O)C(=O)N[C@H](C(=O)N[C@@H](CC(=O)O)C(=O)N[C@H](C(=O)N[C@@H](CCCN=C(N)N)C(=O)N[C@H](C(=O)O)C(C)C)C(C)C)C(C)C)C(C)C)C(C)C. The Kier molecular flexibility index (Phi) is 37.2. The van der Waals surface area contributed by atoms with Crippen molar-refractivity contribution in [3.05, 3.63) is 0 Å². The van der Waals surface area contributed by atoms with E-state index >= 15 is 0 Å². The number of aliphatic carboxylic acids is 3. The molecule has 11 atom stereocenters. The Bertz CT molecular complexity index is 2620. The number of carboxylic acid groups (broad SMARTS) is 3.